The Hall–Kier alpha value is -1.75. The average molecular weight is 279 g/mol. The van der Waals surface area contributed by atoms with Crippen LogP contribution in [-0.2, 0) is 0 Å². The van der Waals surface area contributed by atoms with Gasteiger partial charge in [0, 0.05) is 12.5 Å². The van der Waals surface area contributed by atoms with Gasteiger partial charge in [0.15, 0.2) is 11.5 Å². The molecule has 1 heterocycles. The molecule has 2 rings (SSSR count). The van der Waals surface area contributed by atoms with Crippen LogP contribution >= 0.6 is 0 Å². The van der Waals surface area contributed by atoms with Crippen LogP contribution < -0.4 is 14.8 Å². The third-order valence-corrected chi connectivity index (χ3v) is 3.73. The number of nitrogens with one attached hydrogen (secondary N) is 1. The van der Waals surface area contributed by atoms with Crippen LogP contribution in [0.4, 0.5) is 0 Å². The smallest absolute Gasteiger partial charge is 0.339 e. The maximum atomic E-state index is 11.3. The lowest BCUT2D eigenvalue weighted by molar-refractivity contribution is 0.0681. The van der Waals surface area contributed by atoms with Gasteiger partial charge in [-0.05, 0) is 38.4 Å². The molecule has 20 heavy (non-hydrogen) atoms. The summed E-state index contributed by atoms with van der Waals surface area (Å²) in [5.74, 6) is 0.157. The molecule has 0 saturated carbocycles. The van der Waals surface area contributed by atoms with Gasteiger partial charge in [-0.25, -0.2) is 4.79 Å². The molecule has 2 atom stereocenters. The van der Waals surface area contributed by atoms with E-state index >= 15 is 0 Å². The second-order valence-electron chi connectivity index (χ2n) is 5.07. The Morgan fingerprint density at radius 3 is 2.90 bits per heavy atom. The van der Waals surface area contributed by atoms with Gasteiger partial charge in [0.25, 0.3) is 0 Å². The summed E-state index contributed by atoms with van der Waals surface area (Å²) in [5, 5.41) is 12.6. The SMILES string of the molecule is COc1cccc(C(=O)O)c1OC(C)C1CCCNC1. The molecule has 0 radical (unpaired) electrons. The van der Waals surface area contributed by atoms with E-state index in [9.17, 15) is 9.90 Å². The number of aromatic carboxylic acids is 1. The Morgan fingerprint density at radius 2 is 2.30 bits per heavy atom. The monoisotopic (exact) mass is 279 g/mol. The number of rotatable bonds is 5. The van der Waals surface area contributed by atoms with Crippen molar-refractivity contribution in [3.63, 3.8) is 0 Å². The molecule has 1 aromatic rings. The van der Waals surface area contributed by atoms with Gasteiger partial charge in [-0.1, -0.05) is 6.07 Å². The summed E-state index contributed by atoms with van der Waals surface area (Å²) in [5.41, 5.74) is 0.139. The van der Waals surface area contributed by atoms with E-state index in [1.54, 1.807) is 12.1 Å². The van der Waals surface area contributed by atoms with Gasteiger partial charge < -0.3 is 19.9 Å². The lowest BCUT2D eigenvalue weighted by Gasteiger charge is -2.29. The Kier molecular flexibility index (Phi) is 4.84. The van der Waals surface area contributed by atoms with Gasteiger partial charge in [-0.15, -0.1) is 0 Å². The summed E-state index contributed by atoms with van der Waals surface area (Å²) in [6.07, 6.45) is 2.15. The van der Waals surface area contributed by atoms with Crippen molar-refractivity contribution >= 4 is 5.97 Å². The van der Waals surface area contributed by atoms with Crippen molar-refractivity contribution < 1.29 is 19.4 Å². The number of para-hydroxylation sites is 1. The largest absolute Gasteiger partial charge is 0.493 e. The van der Waals surface area contributed by atoms with E-state index in [2.05, 4.69) is 5.32 Å². The summed E-state index contributed by atoms with van der Waals surface area (Å²) < 4.78 is 11.1. The van der Waals surface area contributed by atoms with Gasteiger partial charge in [0.1, 0.15) is 11.7 Å². The number of hydrogen-bond acceptors (Lipinski definition) is 4. The number of piperidine rings is 1. The summed E-state index contributed by atoms with van der Waals surface area (Å²) in [4.78, 5) is 11.3. The quantitative estimate of drug-likeness (QED) is 0.864. The molecule has 0 amide bonds. The highest BCUT2D eigenvalue weighted by Crippen LogP contribution is 2.33. The standard InChI is InChI=1S/C15H21NO4/c1-10(11-5-4-8-16-9-11)20-14-12(15(17)18)6-3-7-13(14)19-2/h3,6-7,10-11,16H,4-5,8-9H2,1-2H3,(H,17,18). The van der Waals surface area contributed by atoms with Crippen molar-refractivity contribution in [3.05, 3.63) is 23.8 Å². The number of methoxy groups -OCH3 is 1. The number of benzene rings is 1. The average Bonchev–Trinajstić information content (AvgIpc) is 2.48. The van der Waals surface area contributed by atoms with Crippen molar-refractivity contribution in [2.24, 2.45) is 5.92 Å². The van der Waals surface area contributed by atoms with Gasteiger partial charge in [-0.2, -0.15) is 0 Å². The van der Waals surface area contributed by atoms with Crippen LogP contribution in [0.15, 0.2) is 18.2 Å². The zero-order chi connectivity index (χ0) is 14.5. The minimum absolute atomic E-state index is 0.0581. The number of carboxylic acids is 1. The normalized spacial score (nSPS) is 20.2. The summed E-state index contributed by atoms with van der Waals surface area (Å²) in [7, 11) is 1.51. The Morgan fingerprint density at radius 1 is 1.50 bits per heavy atom. The summed E-state index contributed by atoms with van der Waals surface area (Å²) in [6, 6.07) is 4.90. The Balaban J connectivity index is 2.20. The van der Waals surface area contributed by atoms with Crippen molar-refractivity contribution in [3.8, 4) is 11.5 Å². The molecule has 1 saturated heterocycles. The van der Waals surface area contributed by atoms with Crippen molar-refractivity contribution in [1.82, 2.24) is 5.32 Å². The van der Waals surface area contributed by atoms with Crippen molar-refractivity contribution in [2.45, 2.75) is 25.9 Å². The van der Waals surface area contributed by atoms with Crippen LogP contribution in [0.2, 0.25) is 0 Å². The molecule has 1 fully saturated rings. The number of hydrogen-bond donors (Lipinski definition) is 2. The highest BCUT2D eigenvalue weighted by molar-refractivity contribution is 5.92. The van der Waals surface area contributed by atoms with Crippen LogP contribution in [0.5, 0.6) is 11.5 Å². The van der Waals surface area contributed by atoms with E-state index in [1.807, 2.05) is 6.92 Å². The van der Waals surface area contributed by atoms with Crippen LogP contribution in [-0.4, -0.2) is 37.4 Å². The minimum atomic E-state index is -1.01. The molecule has 0 aromatic heterocycles. The predicted octanol–water partition coefficient (Wildman–Crippen LogP) is 2.16. The molecule has 1 aromatic carbocycles. The second-order valence-corrected chi connectivity index (χ2v) is 5.07. The highest BCUT2D eigenvalue weighted by Gasteiger charge is 2.25. The van der Waals surface area contributed by atoms with Gasteiger partial charge in [-0.3, -0.25) is 0 Å². The zero-order valence-electron chi connectivity index (χ0n) is 11.9. The highest BCUT2D eigenvalue weighted by atomic mass is 16.5. The molecular formula is C15H21NO4. The summed E-state index contributed by atoms with van der Waals surface area (Å²) in [6.45, 7) is 3.92. The van der Waals surface area contributed by atoms with E-state index in [-0.39, 0.29) is 11.7 Å². The fourth-order valence-corrected chi connectivity index (χ4v) is 2.53. The van der Waals surface area contributed by atoms with E-state index in [4.69, 9.17) is 9.47 Å². The number of carboxylic acid groups (broad SMARTS) is 1. The first kappa shape index (κ1) is 14.7. The number of ether oxygens (including phenoxy) is 2. The first-order chi connectivity index (χ1) is 9.63. The molecule has 2 N–H and O–H groups in total. The molecule has 0 bridgehead atoms. The topological polar surface area (TPSA) is 67.8 Å². The fourth-order valence-electron chi connectivity index (χ4n) is 2.53. The van der Waals surface area contributed by atoms with Crippen LogP contribution in [0.1, 0.15) is 30.1 Å². The number of carbonyl (C=O) groups is 1. The molecular weight excluding hydrogens is 258 g/mol. The molecule has 1 aliphatic rings. The van der Waals surface area contributed by atoms with Gasteiger partial charge in [0.2, 0.25) is 0 Å². The Bertz CT molecular complexity index is 469. The lowest BCUT2D eigenvalue weighted by Crippen LogP contribution is -2.38. The Labute approximate surface area is 118 Å². The molecule has 0 spiro atoms. The van der Waals surface area contributed by atoms with Crippen LogP contribution in [0, 0.1) is 5.92 Å². The van der Waals surface area contributed by atoms with Crippen molar-refractivity contribution in [1.29, 1.82) is 0 Å². The molecule has 0 aliphatic carbocycles. The van der Waals surface area contributed by atoms with Gasteiger partial charge in [0.05, 0.1) is 7.11 Å². The van der Waals surface area contributed by atoms with Crippen LogP contribution in [0.25, 0.3) is 0 Å². The maximum Gasteiger partial charge on any atom is 0.339 e. The van der Waals surface area contributed by atoms with Gasteiger partial charge >= 0.3 is 5.97 Å². The van der Waals surface area contributed by atoms with E-state index in [1.165, 1.54) is 13.2 Å². The third kappa shape index (κ3) is 3.22. The second kappa shape index (κ2) is 6.61. The molecule has 5 heteroatoms. The van der Waals surface area contributed by atoms with E-state index < -0.39 is 5.97 Å². The molecule has 5 nitrogen and oxygen atoms in total. The van der Waals surface area contributed by atoms with E-state index in [0.29, 0.717) is 17.4 Å². The summed E-state index contributed by atoms with van der Waals surface area (Å²) >= 11 is 0. The molecule has 2 unspecified atom stereocenters. The van der Waals surface area contributed by atoms with Crippen molar-refractivity contribution in [2.75, 3.05) is 20.2 Å². The first-order valence-corrected chi connectivity index (χ1v) is 6.91. The molecule has 110 valence electrons. The minimum Gasteiger partial charge on any atom is -0.493 e. The predicted molar refractivity (Wildman–Crippen MR) is 75.6 cm³/mol. The first-order valence-electron chi connectivity index (χ1n) is 6.91. The van der Waals surface area contributed by atoms with Crippen LogP contribution in [0.3, 0.4) is 0 Å². The lowest BCUT2D eigenvalue weighted by atomic mass is 9.94. The zero-order valence-corrected chi connectivity index (χ0v) is 11.9. The third-order valence-electron chi connectivity index (χ3n) is 3.73. The molecule has 1 aliphatic heterocycles. The maximum absolute atomic E-state index is 11.3. The van der Waals surface area contributed by atoms with E-state index in [0.717, 1.165) is 25.9 Å². The fraction of sp³-hybridized carbons (Fsp3) is 0.533.